The third-order valence-corrected chi connectivity index (χ3v) is 6.11. The Morgan fingerprint density at radius 1 is 1.30 bits per heavy atom. The van der Waals surface area contributed by atoms with E-state index in [2.05, 4.69) is 26.0 Å². The fraction of sp³-hybridized carbons (Fsp3) is 0.647. The van der Waals surface area contributed by atoms with Crippen molar-refractivity contribution in [3.63, 3.8) is 0 Å². The lowest BCUT2D eigenvalue weighted by Crippen LogP contribution is -2.43. The molecule has 2 aliphatic heterocycles. The first kappa shape index (κ1) is 14.3. The zero-order chi connectivity index (χ0) is 14.2. The van der Waals surface area contributed by atoms with Crippen molar-refractivity contribution in [2.24, 2.45) is 5.41 Å². The number of hydrogen-bond donors (Lipinski definition) is 1. The quantitative estimate of drug-likeness (QED) is 0.898. The molecule has 0 radical (unpaired) electrons. The molecule has 1 fully saturated rings. The molecule has 2 heterocycles. The van der Waals surface area contributed by atoms with Gasteiger partial charge in [0.15, 0.2) is 0 Å². The van der Waals surface area contributed by atoms with Crippen LogP contribution in [0.5, 0.6) is 5.75 Å². The standard InChI is InChI=1S/C17H24O2S/c1-16(2)10-17(18,12-20-11-16)9-13-7-8-19-15-6-4-3-5-14(13)15/h3-6,13,18H,7-12H2,1-2H3. The van der Waals surface area contributed by atoms with Crippen LogP contribution in [0.1, 0.15) is 44.6 Å². The van der Waals surface area contributed by atoms with Gasteiger partial charge in [-0.25, -0.2) is 0 Å². The minimum Gasteiger partial charge on any atom is -0.493 e. The van der Waals surface area contributed by atoms with Crippen molar-refractivity contribution < 1.29 is 9.84 Å². The minimum absolute atomic E-state index is 0.238. The summed E-state index contributed by atoms with van der Waals surface area (Å²) in [6.45, 7) is 5.30. The molecule has 20 heavy (non-hydrogen) atoms. The number of hydrogen-bond acceptors (Lipinski definition) is 3. The summed E-state index contributed by atoms with van der Waals surface area (Å²) in [5.74, 6) is 3.46. The largest absolute Gasteiger partial charge is 0.493 e. The molecule has 3 heteroatoms. The Morgan fingerprint density at radius 3 is 2.90 bits per heavy atom. The first-order valence-corrected chi connectivity index (χ1v) is 8.65. The third kappa shape index (κ3) is 2.99. The molecule has 1 saturated heterocycles. The van der Waals surface area contributed by atoms with E-state index in [1.165, 1.54) is 5.56 Å². The monoisotopic (exact) mass is 292 g/mol. The molecule has 2 atom stereocenters. The van der Waals surface area contributed by atoms with E-state index < -0.39 is 5.60 Å². The van der Waals surface area contributed by atoms with Gasteiger partial charge in [-0.2, -0.15) is 11.8 Å². The van der Waals surface area contributed by atoms with Crippen molar-refractivity contribution in [1.82, 2.24) is 0 Å². The molecule has 0 aliphatic carbocycles. The van der Waals surface area contributed by atoms with E-state index in [9.17, 15) is 5.11 Å². The van der Waals surface area contributed by atoms with Gasteiger partial charge in [0.25, 0.3) is 0 Å². The summed E-state index contributed by atoms with van der Waals surface area (Å²) in [4.78, 5) is 0. The molecule has 1 N–H and O–H groups in total. The molecule has 3 rings (SSSR count). The predicted octanol–water partition coefficient (Wildman–Crippen LogP) is 3.84. The molecule has 110 valence electrons. The summed E-state index contributed by atoms with van der Waals surface area (Å²) >= 11 is 1.90. The highest BCUT2D eigenvalue weighted by Crippen LogP contribution is 2.46. The summed E-state index contributed by atoms with van der Waals surface area (Å²) < 4.78 is 5.73. The maximum atomic E-state index is 11.0. The molecule has 2 aliphatic rings. The Morgan fingerprint density at radius 2 is 2.10 bits per heavy atom. The Balaban J connectivity index is 1.78. The van der Waals surface area contributed by atoms with Crippen molar-refractivity contribution in [2.45, 2.75) is 44.6 Å². The first-order chi connectivity index (χ1) is 9.48. The lowest BCUT2D eigenvalue weighted by molar-refractivity contribution is 0.00270. The van der Waals surface area contributed by atoms with Gasteiger partial charge in [0, 0.05) is 5.75 Å². The second-order valence-electron chi connectivity index (χ2n) is 7.13. The first-order valence-electron chi connectivity index (χ1n) is 7.49. The van der Waals surface area contributed by atoms with Gasteiger partial charge >= 0.3 is 0 Å². The van der Waals surface area contributed by atoms with E-state index in [-0.39, 0.29) is 5.41 Å². The van der Waals surface area contributed by atoms with Crippen LogP contribution in [0, 0.1) is 5.41 Å². The summed E-state index contributed by atoms with van der Waals surface area (Å²) in [5.41, 5.74) is 0.990. The van der Waals surface area contributed by atoms with Crippen LogP contribution in [-0.2, 0) is 0 Å². The smallest absolute Gasteiger partial charge is 0.122 e. The number of ether oxygens (including phenoxy) is 1. The van der Waals surface area contributed by atoms with Gasteiger partial charge in [0.1, 0.15) is 5.75 Å². The van der Waals surface area contributed by atoms with Gasteiger partial charge in [-0.05, 0) is 48.0 Å². The van der Waals surface area contributed by atoms with E-state index in [1.54, 1.807) is 0 Å². The van der Waals surface area contributed by atoms with Crippen LogP contribution in [0.2, 0.25) is 0 Å². The van der Waals surface area contributed by atoms with Crippen molar-refractivity contribution in [1.29, 1.82) is 0 Å². The van der Waals surface area contributed by atoms with E-state index in [4.69, 9.17) is 4.74 Å². The van der Waals surface area contributed by atoms with Crippen molar-refractivity contribution in [2.75, 3.05) is 18.1 Å². The second-order valence-corrected chi connectivity index (χ2v) is 8.12. The highest BCUT2D eigenvalue weighted by Gasteiger charge is 2.41. The molecule has 0 spiro atoms. The zero-order valence-corrected chi connectivity index (χ0v) is 13.2. The third-order valence-electron chi connectivity index (χ3n) is 4.38. The molecular weight excluding hydrogens is 268 g/mol. The summed E-state index contributed by atoms with van der Waals surface area (Å²) in [6, 6.07) is 8.30. The van der Waals surface area contributed by atoms with E-state index in [1.807, 2.05) is 23.9 Å². The average molecular weight is 292 g/mol. The number of aliphatic hydroxyl groups is 1. The Labute approximate surface area is 125 Å². The summed E-state index contributed by atoms with van der Waals surface area (Å²) in [5, 5.41) is 11.0. The topological polar surface area (TPSA) is 29.5 Å². The van der Waals surface area contributed by atoms with Crippen LogP contribution in [0.25, 0.3) is 0 Å². The molecule has 1 aromatic carbocycles. The number of rotatable bonds is 2. The van der Waals surface area contributed by atoms with Crippen LogP contribution >= 0.6 is 11.8 Å². The normalized spacial score (nSPS) is 32.2. The van der Waals surface area contributed by atoms with Crippen LogP contribution in [-0.4, -0.2) is 28.8 Å². The van der Waals surface area contributed by atoms with Crippen LogP contribution in [0.3, 0.4) is 0 Å². The number of benzene rings is 1. The minimum atomic E-state index is -0.526. The van der Waals surface area contributed by atoms with Crippen LogP contribution in [0.15, 0.2) is 24.3 Å². The second kappa shape index (κ2) is 5.27. The van der Waals surface area contributed by atoms with E-state index >= 15 is 0 Å². The SMILES string of the molecule is CC1(C)CSCC(O)(CC2CCOc3ccccc32)C1. The molecule has 0 saturated carbocycles. The highest BCUT2D eigenvalue weighted by molar-refractivity contribution is 7.99. The van der Waals surface area contributed by atoms with Gasteiger partial charge in [-0.15, -0.1) is 0 Å². The maximum absolute atomic E-state index is 11.0. The lowest BCUT2D eigenvalue weighted by Gasteiger charge is -2.43. The molecule has 2 unspecified atom stereocenters. The lowest BCUT2D eigenvalue weighted by atomic mass is 9.75. The Hall–Kier alpha value is -0.670. The van der Waals surface area contributed by atoms with Gasteiger partial charge in [0.05, 0.1) is 12.2 Å². The highest BCUT2D eigenvalue weighted by atomic mass is 32.2. The molecule has 2 nitrogen and oxygen atoms in total. The van der Waals surface area contributed by atoms with Gasteiger partial charge in [0.2, 0.25) is 0 Å². The fourth-order valence-corrected chi connectivity index (χ4v) is 5.08. The van der Waals surface area contributed by atoms with Crippen molar-refractivity contribution in [3.05, 3.63) is 29.8 Å². The maximum Gasteiger partial charge on any atom is 0.122 e. The van der Waals surface area contributed by atoms with E-state index in [0.717, 1.165) is 43.1 Å². The van der Waals surface area contributed by atoms with Gasteiger partial charge in [-0.1, -0.05) is 32.0 Å². The van der Waals surface area contributed by atoms with Gasteiger partial charge < -0.3 is 9.84 Å². The summed E-state index contributed by atoms with van der Waals surface area (Å²) in [6.07, 6.45) is 2.79. The average Bonchev–Trinajstić information content (AvgIpc) is 2.37. The van der Waals surface area contributed by atoms with Crippen molar-refractivity contribution >= 4 is 11.8 Å². The predicted molar refractivity (Wildman–Crippen MR) is 84.6 cm³/mol. The van der Waals surface area contributed by atoms with E-state index in [0.29, 0.717) is 5.92 Å². The number of fused-ring (bicyclic) bond motifs is 1. The molecule has 0 aromatic heterocycles. The van der Waals surface area contributed by atoms with Crippen LogP contribution in [0.4, 0.5) is 0 Å². The summed E-state index contributed by atoms with van der Waals surface area (Å²) in [7, 11) is 0. The van der Waals surface area contributed by atoms with Gasteiger partial charge in [-0.3, -0.25) is 0 Å². The molecular formula is C17H24O2S. The van der Waals surface area contributed by atoms with Crippen molar-refractivity contribution in [3.8, 4) is 5.75 Å². The molecule has 0 amide bonds. The molecule has 0 bridgehead atoms. The zero-order valence-electron chi connectivity index (χ0n) is 12.4. The number of para-hydroxylation sites is 1. The fourth-order valence-electron chi connectivity index (χ4n) is 3.73. The Kier molecular flexibility index (Phi) is 3.76. The van der Waals surface area contributed by atoms with Crippen LogP contribution < -0.4 is 4.74 Å². The molecule has 1 aromatic rings. The number of thioether (sulfide) groups is 1. The Bertz CT molecular complexity index is 486.